The van der Waals surface area contributed by atoms with Crippen molar-refractivity contribution in [1.82, 2.24) is 0 Å². The first-order valence-electron chi connectivity index (χ1n) is 12.2. The molecule has 0 heterocycles. The third kappa shape index (κ3) is 7.94. The van der Waals surface area contributed by atoms with Gasteiger partial charge in [-0.05, 0) is 60.7 Å². The van der Waals surface area contributed by atoms with Gasteiger partial charge in [0.2, 0.25) is 0 Å². The van der Waals surface area contributed by atoms with Crippen LogP contribution in [0.5, 0.6) is 0 Å². The molecule has 0 aliphatic carbocycles. The maximum absolute atomic E-state index is 13.4. The van der Waals surface area contributed by atoms with Gasteiger partial charge in [-0.1, -0.05) is 11.8 Å². The zero-order valence-electron chi connectivity index (χ0n) is 22.1. The summed E-state index contributed by atoms with van der Waals surface area (Å²) < 4.78 is 80.5. The molecule has 0 aromatic heterocycles. The predicted molar refractivity (Wildman–Crippen MR) is 149 cm³/mol. The van der Waals surface area contributed by atoms with E-state index in [1.54, 1.807) is 24.3 Å². The summed E-state index contributed by atoms with van der Waals surface area (Å²) >= 11 is 1.21. The average molecular weight is 651 g/mol. The van der Waals surface area contributed by atoms with Crippen LogP contribution in [0.15, 0.2) is 94.7 Å². The molecule has 4 aromatic rings. The monoisotopic (exact) mass is 650 g/mol. The van der Waals surface area contributed by atoms with Gasteiger partial charge in [0.1, 0.15) is 0 Å². The molecule has 0 spiro atoms. The van der Waals surface area contributed by atoms with Gasteiger partial charge in [0, 0.05) is 45.4 Å². The second kappa shape index (κ2) is 12.7. The smallest absolute Gasteiger partial charge is 0.322 e. The summed E-state index contributed by atoms with van der Waals surface area (Å²) in [6.45, 7) is 0. The van der Waals surface area contributed by atoms with Crippen LogP contribution < -0.4 is 10.6 Å². The van der Waals surface area contributed by atoms with Crippen molar-refractivity contribution in [2.45, 2.75) is 22.1 Å². The molecule has 2 amide bonds. The molecular weight excluding hydrogens is 634 g/mol. The van der Waals surface area contributed by atoms with Gasteiger partial charge in [-0.25, -0.2) is 0 Å². The number of hydrogen-bond acceptors (Lipinski definition) is 7. The number of nitrogens with zero attached hydrogens (tertiary/aromatic N) is 2. The van der Waals surface area contributed by atoms with E-state index >= 15 is 0 Å². The second-order valence-electron chi connectivity index (χ2n) is 9.03. The maximum atomic E-state index is 13.4. The number of benzene rings is 4. The fourth-order valence-corrected chi connectivity index (χ4v) is 4.72. The third-order valence-corrected chi connectivity index (χ3v) is 7.00. The third-order valence-electron chi connectivity index (χ3n) is 5.99. The van der Waals surface area contributed by atoms with Crippen LogP contribution in [0, 0.1) is 20.2 Å². The molecule has 45 heavy (non-hydrogen) atoms. The molecule has 4 rings (SSSR count). The highest BCUT2D eigenvalue weighted by molar-refractivity contribution is 7.99. The first-order chi connectivity index (χ1) is 21.0. The summed E-state index contributed by atoms with van der Waals surface area (Å²) in [6, 6.07) is 15.4. The number of nitro groups is 2. The van der Waals surface area contributed by atoms with Gasteiger partial charge in [0.15, 0.2) is 0 Å². The molecule has 0 fully saturated rings. The van der Waals surface area contributed by atoms with E-state index in [0.717, 1.165) is 12.1 Å². The fourth-order valence-electron chi connectivity index (χ4n) is 3.90. The highest BCUT2D eigenvalue weighted by Crippen LogP contribution is 2.36. The van der Waals surface area contributed by atoms with E-state index in [0.29, 0.717) is 21.9 Å². The van der Waals surface area contributed by atoms with Crippen LogP contribution in [-0.4, -0.2) is 21.7 Å². The summed E-state index contributed by atoms with van der Waals surface area (Å²) in [6.07, 6.45) is -10.0. The Hall–Kier alpha value is -5.45. The van der Waals surface area contributed by atoms with E-state index in [2.05, 4.69) is 10.6 Å². The SMILES string of the molecule is O=C(Nc1ccc(Sc2ccc(NC(=O)c3ccc([N+](=O)[O-])cc3C(F)(F)F)cc2)cc1)c1ccc([N+](=O)[O-])cc1C(F)(F)F. The summed E-state index contributed by atoms with van der Waals surface area (Å²) in [4.78, 5) is 46.1. The fraction of sp³-hybridized carbons (Fsp3) is 0.0714. The summed E-state index contributed by atoms with van der Waals surface area (Å²) in [5, 5.41) is 26.3. The van der Waals surface area contributed by atoms with E-state index in [4.69, 9.17) is 0 Å². The Morgan fingerprint density at radius 3 is 1.20 bits per heavy atom. The highest BCUT2D eigenvalue weighted by atomic mass is 32.2. The van der Waals surface area contributed by atoms with Gasteiger partial charge in [-0.3, -0.25) is 29.8 Å². The number of anilines is 2. The largest absolute Gasteiger partial charge is 0.417 e. The first-order valence-corrected chi connectivity index (χ1v) is 13.1. The zero-order chi connectivity index (χ0) is 33.1. The van der Waals surface area contributed by atoms with Crippen molar-refractivity contribution in [3.05, 3.63) is 127 Å². The van der Waals surface area contributed by atoms with E-state index in [9.17, 15) is 56.2 Å². The molecule has 17 heteroatoms. The number of amides is 2. The van der Waals surface area contributed by atoms with E-state index in [-0.39, 0.29) is 23.5 Å². The van der Waals surface area contributed by atoms with Gasteiger partial charge in [0.05, 0.1) is 32.1 Å². The molecule has 0 aliphatic heterocycles. The topological polar surface area (TPSA) is 144 Å². The number of halogens is 6. The molecule has 10 nitrogen and oxygen atoms in total. The summed E-state index contributed by atoms with van der Waals surface area (Å²) in [5.74, 6) is -2.27. The Morgan fingerprint density at radius 1 is 0.578 bits per heavy atom. The Morgan fingerprint density at radius 2 is 0.911 bits per heavy atom. The molecule has 0 bridgehead atoms. The van der Waals surface area contributed by atoms with Crippen molar-refractivity contribution in [1.29, 1.82) is 0 Å². The highest BCUT2D eigenvalue weighted by Gasteiger charge is 2.38. The predicted octanol–water partition coefficient (Wildman–Crippen LogP) is 8.20. The molecule has 0 saturated heterocycles. The lowest BCUT2D eigenvalue weighted by molar-refractivity contribution is -0.385. The van der Waals surface area contributed by atoms with Crippen LogP contribution in [0.3, 0.4) is 0 Å². The molecule has 2 N–H and O–H groups in total. The first kappa shape index (κ1) is 32.5. The van der Waals surface area contributed by atoms with Crippen LogP contribution in [0.4, 0.5) is 49.1 Å². The molecule has 0 atom stereocenters. The molecule has 0 unspecified atom stereocenters. The van der Waals surface area contributed by atoms with Crippen molar-refractivity contribution < 1.29 is 45.8 Å². The normalized spacial score (nSPS) is 11.5. The van der Waals surface area contributed by atoms with Crippen molar-refractivity contribution >= 4 is 46.3 Å². The summed E-state index contributed by atoms with van der Waals surface area (Å²) in [7, 11) is 0. The summed E-state index contributed by atoms with van der Waals surface area (Å²) in [5.41, 5.74) is -5.91. The zero-order valence-corrected chi connectivity index (χ0v) is 22.9. The lowest BCUT2D eigenvalue weighted by Crippen LogP contribution is -2.19. The van der Waals surface area contributed by atoms with E-state index < -0.39 is 67.6 Å². The van der Waals surface area contributed by atoms with Gasteiger partial charge in [-0.15, -0.1) is 0 Å². The van der Waals surface area contributed by atoms with Crippen LogP contribution in [0.1, 0.15) is 31.8 Å². The molecule has 232 valence electrons. The number of carbonyl (C=O) groups is 2. The number of rotatable bonds is 8. The van der Waals surface area contributed by atoms with Crippen LogP contribution in [0.2, 0.25) is 0 Å². The van der Waals surface area contributed by atoms with E-state index in [1.807, 2.05) is 0 Å². The number of non-ortho nitro benzene ring substituents is 2. The minimum absolute atomic E-state index is 0.137. The quantitative estimate of drug-likeness (QED) is 0.111. The van der Waals surface area contributed by atoms with Crippen molar-refractivity contribution in [2.24, 2.45) is 0 Å². The van der Waals surface area contributed by atoms with Crippen molar-refractivity contribution in [3.8, 4) is 0 Å². The van der Waals surface area contributed by atoms with Gasteiger partial charge in [0.25, 0.3) is 23.2 Å². The van der Waals surface area contributed by atoms with Crippen LogP contribution in [-0.2, 0) is 12.4 Å². The molecule has 4 aromatic carbocycles. The molecule has 0 aliphatic rings. The standard InChI is InChI=1S/C28H16F6N4O6S/c29-27(30,31)23-13-17(37(41)42)5-11-21(23)25(39)35-15-1-7-19(8-2-15)45-20-9-3-16(4-10-20)36-26(40)22-12-6-18(38(43)44)14-24(22)28(32,33)34/h1-14H,(H,35,39)(H,36,40). The lowest BCUT2D eigenvalue weighted by Gasteiger charge is -2.13. The van der Waals surface area contributed by atoms with Gasteiger partial charge < -0.3 is 10.6 Å². The Labute approximate surface area is 252 Å². The Kier molecular flexibility index (Phi) is 9.13. The number of nitrogens with one attached hydrogen (secondary N) is 2. The lowest BCUT2D eigenvalue weighted by atomic mass is 10.1. The minimum Gasteiger partial charge on any atom is -0.322 e. The van der Waals surface area contributed by atoms with Crippen molar-refractivity contribution in [2.75, 3.05) is 10.6 Å². The van der Waals surface area contributed by atoms with Gasteiger partial charge in [-0.2, -0.15) is 26.3 Å². The second-order valence-corrected chi connectivity index (χ2v) is 10.2. The minimum atomic E-state index is -5.02. The Balaban J connectivity index is 1.42. The van der Waals surface area contributed by atoms with E-state index in [1.165, 1.54) is 36.0 Å². The number of carbonyl (C=O) groups excluding carboxylic acids is 2. The van der Waals surface area contributed by atoms with Crippen LogP contribution >= 0.6 is 11.8 Å². The maximum Gasteiger partial charge on any atom is 0.417 e. The van der Waals surface area contributed by atoms with Crippen molar-refractivity contribution in [3.63, 3.8) is 0 Å². The number of alkyl halides is 6. The Bertz CT molecular complexity index is 1660. The average Bonchev–Trinajstić information content (AvgIpc) is 2.97. The van der Waals surface area contributed by atoms with Gasteiger partial charge >= 0.3 is 12.4 Å². The number of nitro benzene ring substituents is 2. The molecule has 0 radical (unpaired) electrons. The number of hydrogen-bond donors (Lipinski definition) is 2. The molecular formula is C28H16F6N4O6S. The van der Waals surface area contributed by atoms with Crippen LogP contribution in [0.25, 0.3) is 0 Å². The molecule has 0 saturated carbocycles.